The fraction of sp³-hybridized carbons (Fsp3) is 0.263. The maximum absolute atomic E-state index is 12.7. The summed E-state index contributed by atoms with van der Waals surface area (Å²) in [5, 5.41) is 12.7. The Balaban J connectivity index is 2.09. The summed E-state index contributed by atoms with van der Waals surface area (Å²) in [5.74, 6) is -1.30. The first-order valence-electron chi connectivity index (χ1n) is 8.02. The molecule has 1 aliphatic heterocycles. The van der Waals surface area contributed by atoms with Gasteiger partial charge in [0.15, 0.2) is 0 Å². The van der Waals surface area contributed by atoms with Crippen LogP contribution in [0.4, 0.5) is 0 Å². The Hall–Kier alpha value is -2.44. The SMILES string of the molecule is CN(C)CCN1C(=O)C(=O)/C(=C(/O)c2ccccc2)[C@H]1c1cccs1. The molecule has 25 heavy (non-hydrogen) atoms. The summed E-state index contributed by atoms with van der Waals surface area (Å²) >= 11 is 1.47. The zero-order chi connectivity index (χ0) is 18.0. The molecule has 130 valence electrons. The number of carbonyl (C=O) groups excluding carboxylic acids is 2. The van der Waals surface area contributed by atoms with E-state index >= 15 is 0 Å². The molecule has 5 nitrogen and oxygen atoms in total. The summed E-state index contributed by atoms with van der Waals surface area (Å²) in [7, 11) is 3.83. The van der Waals surface area contributed by atoms with Crippen molar-refractivity contribution in [3.63, 3.8) is 0 Å². The zero-order valence-electron chi connectivity index (χ0n) is 14.2. The molecule has 1 amide bonds. The Morgan fingerprint density at radius 1 is 1.16 bits per heavy atom. The van der Waals surface area contributed by atoms with E-state index in [9.17, 15) is 14.7 Å². The molecule has 0 saturated carbocycles. The van der Waals surface area contributed by atoms with Gasteiger partial charge in [-0.25, -0.2) is 0 Å². The number of Topliss-reactive ketones (excluding diaryl/α,β-unsaturated/α-hetero) is 1. The highest BCUT2D eigenvalue weighted by molar-refractivity contribution is 7.10. The zero-order valence-corrected chi connectivity index (χ0v) is 15.0. The summed E-state index contributed by atoms with van der Waals surface area (Å²) in [6, 6.07) is 12.1. The van der Waals surface area contributed by atoms with Gasteiger partial charge in [-0.1, -0.05) is 36.4 Å². The molecule has 1 fully saturated rings. The Kier molecular flexibility index (Phi) is 5.01. The smallest absolute Gasteiger partial charge is 0.295 e. The normalized spacial score (nSPS) is 19.8. The minimum absolute atomic E-state index is 0.121. The van der Waals surface area contributed by atoms with Gasteiger partial charge < -0.3 is 14.9 Å². The molecule has 0 bridgehead atoms. The van der Waals surface area contributed by atoms with Crippen LogP contribution in [0, 0.1) is 0 Å². The van der Waals surface area contributed by atoms with Crippen molar-refractivity contribution >= 4 is 28.8 Å². The molecule has 1 atom stereocenters. The van der Waals surface area contributed by atoms with Crippen molar-refractivity contribution in [1.29, 1.82) is 0 Å². The van der Waals surface area contributed by atoms with Crippen LogP contribution in [0.2, 0.25) is 0 Å². The number of aliphatic hydroxyl groups excluding tert-OH is 1. The summed E-state index contributed by atoms with van der Waals surface area (Å²) in [6.45, 7) is 1.06. The summed E-state index contributed by atoms with van der Waals surface area (Å²) in [6.07, 6.45) is 0. The van der Waals surface area contributed by atoms with Gasteiger partial charge >= 0.3 is 0 Å². The predicted octanol–water partition coefficient (Wildman–Crippen LogP) is 2.73. The highest BCUT2D eigenvalue weighted by Gasteiger charge is 2.46. The number of rotatable bonds is 5. The second-order valence-corrected chi connectivity index (χ2v) is 7.16. The van der Waals surface area contributed by atoms with Crippen LogP contribution >= 0.6 is 11.3 Å². The first-order valence-corrected chi connectivity index (χ1v) is 8.90. The molecule has 3 rings (SSSR count). The number of hydrogen-bond acceptors (Lipinski definition) is 5. The van der Waals surface area contributed by atoms with E-state index < -0.39 is 17.7 Å². The number of thiophene rings is 1. The average molecular weight is 356 g/mol. The molecule has 1 saturated heterocycles. The Bertz CT molecular complexity index is 797. The molecule has 0 radical (unpaired) electrons. The first-order chi connectivity index (χ1) is 12.0. The number of likely N-dealkylation sites (N-methyl/N-ethyl adjacent to an activating group) is 1. The summed E-state index contributed by atoms with van der Waals surface area (Å²) in [5.41, 5.74) is 0.701. The van der Waals surface area contributed by atoms with Gasteiger partial charge in [-0.05, 0) is 25.5 Å². The lowest BCUT2D eigenvalue weighted by Gasteiger charge is -2.25. The molecule has 2 heterocycles. The van der Waals surface area contributed by atoms with E-state index in [1.807, 2.05) is 42.6 Å². The van der Waals surface area contributed by atoms with E-state index in [4.69, 9.17) is 0 Å². The largest absolute Gasteiger partial charge is 0.507 e. The molecule has 0 spiro atoms. The second-order valence-electron chi connectivity index (χ2n) is 6.18. The molecule has 0 unspecified atom stereocenters. The number of amides is 1. The monoisotopic (exact) mass is 356 g/mol. The van der Waals surface area contributed by atoms with Gasteiger partial charge in [-0.15, -0.1) is 11.3 Å². The topological polar surface area (TPSA) is 60.9 Å². The van der Waals surface area contributed by atoms with Crippen LogP contribution in [0.15, 0.2) is 53.4 Å². The maximum atomic E-state index is 12.7. The number of ketones is 1. The van der Waals surface area contributed by atoms with Crippen molar-refractivity contribution in [1.82, 2.24) is 9.80 Å². The lowest BCUT2D eigenvalue weighted by molar-refractivity contribution is -0.140. The van der Waals surface area contributed by atoms with Gasteiger partial charge in [0, 0.05) is 23.5 Å². The maximum Gasteiger partial charge on any atom is 0.295 e. The van der Waals surface area contributed by atoms with Gasteiger partial charge in [0.1, 0.15) is 5.76 Å². The molecule has 1 N–H and O–H groups in total. The van der Waals surface area contributed by atoms with Crippen molar-refractivity contribution in [2.75, 3.05) is 27.2 Å². The van der Waals surface area contributed by atoms with E-state index in [1.165, 1.54) is 11.3 Å². The minimum Gasteiger partial charge on any atom is -0.507 e. The van der Waals surface area contributed by atoms with E-state index in [0.29, 0.717) is 18.7 Å². The van der Waals surface area contributed by atoms with Crippen LogP contribution in [0.25, 0.3) is 5.76 Å². The highest BCUT2D eigenvalue weighted by atomic mass is 32.1. The average Bonchev–Trinajstić information content (AvgIpc) is 3.21. The van der Waals surface area contributed by atoms with Gasteiger partial charge in [0.2, 0.25) is 0 Å². The van der Waals surface area contributed by atoms with E-state index in [2.05, 4.69) is 0 Å². The fourth-order valence-electron chi connectivity index (χ4n) is 2.91. The Morgan fingerprint density at radius 3 is 2.48 bits per heavy atom. The molecule has 1 aromatic heterocycles. The third-order valence-electron chi connectivity index (χ3n) is 4.19. The second kappa shape index (κ2) is 7.21. The number of nitrogens with zero attached hydrogens (tertiary/aromatic N) is 2. The van der Waals surface area contributed by atoms with Crippen molar-refractivity contribution in [3.8, 4) is 0 Å². The highest BCUT2D eigenvalue weighted by Crippen LogP contribution is 2.40. The molecular formula is C19H20N2O3S. The third kappa shape index (κ3) is 3.36. The van der Waals surface area contributed by atoms with Crippen LogP contribution in [0.5, 0.6) is 0 Å². The van der Waals surface area contributed by atoms with E-state index in [-0.39, 0.29) is 11.3 Å². The lowest BCUT2D eigenvalue weighted by atomic mass is 10.00. The fourth-order valence-corrected chi connectivity index (χ4v) is 3.76. The van der Waals surface area contributed by atoms with Crippen LogP contribution in [0.1, 0.15) is 16.5 Å². The number of carbonyl (C=O) groups is 2. The standard InChI is InChI=1S/C19H20N2O3S/c1-20(2)10-11-21-16(14-9-6-12-25-14)15(18(23)19(21)24)17(22)13-7-4-3-5-8-13/h3-9,12,16,22H,10-11H2,1-2H3/b17-15+/t16-/m1/s1. The van der Waals surface area contributed by atoms with E-state index in [0.717, 1.165) is 4.88 Å². The van der Waals surface area contributed by atoms with Crippen LogP contribution in [0.3, 0.4) is 0 Å². The van der Waals surface area contributed by atoms with Crippen molar-refractivity contribution in [2.24, 2.45) is 0 Å². The van der Waals surface area contributed by atoms with Crippen LogP contribution in [-0.2, 0) is 9.59 Å². The van der Waals surface area contributed by atoms with Gasteiger partial charge in [0.25, 0.3) is 11.7 Å². The van der Waals surface area contributed by atoms with Gasteiger partial charge in [-0.2, -0.15) is 0 Å². The Morgan fingerprint density at radius 2 is 1.88 bits per heavy atom. The summed E-state index contributed by atoms with van der Waals surface area (Å²) < 4.78 is 0. The number of likely N-dealkylation sites (tertiary alicyclic amines) is 1. The van der Waals surface area contributed by atoms with Crippen LogP contribution in [-0.4, -0.2) is 53.8 Å². The van der Waals surface area contributed by atoms with Gasteiger partial charge in [0.05, 0.1) is 11.6 Å². The molecule has 1 aliphatic rings. The van der Waals surface area contributed by atoms with Gasteiger partial charge in [-0.3, -0.25) is 9.59 Å². The Labute approximate surface area is 150 Å². The minimum atomic E-state index is -0.626. The number of aliphatic hydroxyl groups is 1. The van der Waals surface area contributed by atoms with Crippen LogP contribution < -0.4 is 0 Å². The molecule has 6 heteroatoms. The molecule has 2 aromatic rings. The molecule has 1 aromatic carbocycles. The predicted molar refractivity (Wildman–Crippen MR) is 98.3 cm³/mol. The quantitative estimate of drug-likeness (QED) is 0.508. The summed E-state index contributed by atoms with van der Waals surface area (Å²) in [4.78, 5) is 29.6. The third-order valence-corrected chi connectivity index (χ3v) is 5.11. The lowest BCUT2D eigenvalue weighted by Crippen LogP contribution is -2.35. The number of benzene rings is 1. The molecular weight excluding hydrogens is 336 g/mol. The van der Waals surface area contributed by atoms with Crippen molar-refractivity contribution in [2.45, 2.75) is 6.04 Å². The van der Waals surface area contributed by atoms with Crippen molar-refractivity contribution in [3.05, 3.63) is 63.9 Å². The number of hydrogen-bond donors (Lipinski definition) is 1. The molecule has 0 aliphatic carbocycles. The van der Waals surface area contributed by atoms with Crippen molar-refractivity contribution < 1.29 is 14.7 Å². The van der Waals surface area contributed by atoms with E-state index in [1.54, 1.807) is 29.2 Å². The first kappa shape index (κ1) is 17.4.